The monoisotopic (exact) mass is 286 g/mol. The summed E-state index contributed by atoms with van der Waals surface area (Å²) in [6, 6.07) is 3.33. The molecule has 0 saturated heterocycles. The molecule has 0 unspecified atom stereocenters. The number of hydrogen-bond acceptors (Lipinski definition) is 2. The van der Waals surface area contributed by atoms with Gasteiger partial charge in [-0.1, -0.05) is 46.3 Å². The number of hydrogen-bond donors (Lipinski definition) is 1. The Labute approximate surface area is 115 Å². The number of aliphatic hydroxyl groups is 1. The van der Waals surface area contributed by atoms with Gasteiger partial charge in [0.25, 0.3) is 0 Å². The average molecular weight is 287 g/mol. The van der Waals surface area contributed by atoms with Gasteiger partial charge in [0.1, 0.15) is 14.2 Å². The molecule has 106 valence electrons. The lowest BCUT2D eigenvalue weighted by atomic mass is 10.2. The van der Waals surface area contributed by atoms with Crippen LogP contribution in [0.15, 0.2) is 0 Å². The summed E-state index contributed by atoms with van der Waals surface area (Å²) in [5.41, 5.74) is 3.22. The molecular formula is C14H30O2Si2. The Balaban J connectivity index is 4.64. The van der Waals surface area contributed by atoms with E-state index in [1.54, 1.807) is 0 Å². The minimum Gasteiger partial charge on any atom is -0.411 e. The molecular weight excluding hydrogens is 256 g/mol. The van der Waals surface area contributed by atoms with E-state index < -0.39 is 22.5 Å². The molecule has 0 bridgehead atoms. The molecule has 0 rings (SSSR count). The topological polar surface area (TPSA) is 29.5 Å². The van der Waals surface area contributed by atoms with Crippen LogP contribution in [0.2, 0.25) is 37.8 Å². The predicted molar refractivity (Wildman–Crippen MR) is 84.9 cm³/mol. The zero-order valence-electron chi connectivity index (χ0n) is 13.1. The molecule has 2 atom stereocenters. The number of rotatable bonds is 6. The first-order valence-corrected chi connectivity index (χ1v) is 13.1. The van der Waals surface area contributed by atoms with E-state index in [2.05, 4.69) is 51.9 Å². The molecule has 0 aliphatic heterocycles. The normalized spacial score (nSPS) is 15.8. The molecule has 0 aromatic heterocycles. The SMILES string of the molecule is CC[Si](CC)(CC)O[C@@H](C)[C@H](O)C#C[Si](C)(C)C. The van der Waals surface area contributed by atoms with E-state index in [0.29, 0.717) is 0 Å². The van der Waals surface area contributed by atoms with Crippen molar-refractivity contribution < 1.29 is 9.53 Å². The fourth-order valence-electron chi connectivity index (χ4n) is 1.87. The summed E-state index contributed by atoms with van der Waals surface area (Å²) in [7, 11) is -3.05. The van der Waals surface area contributed by atoms with Gasteiger partial charge in [-0.25, -0.2) is 0 Å². The Hall–Kier alpha value is -0.0862. The third-order valence-corrected chi connectivity index (χ3v) is 9.04. The second-order valence-corrected chi connectivity index (χ2v) is 15.5. The van der Waals surface area contributed by atoms with Gasteiger partial charge >= 0.3 is 0 Å². The lowest BCUT2D eigenvalue weighted by Gasteiger charge is -2.32. The van der Waals surface area contributed by atoms with E-state index >= 15 is 0 Å². The van der Waals surface area contributed by atoms with Crippen LogP contribution in [0.25, 0.3) is 0 Å². The number of aliphatic hydroxyl groups excluding tert-OH is 1. The van der Waals surface area contributed by atoms with Gasteiger partial charge in [0.15, 0.2) is 8.32 Å². The molecule has 0 aliphatic rings. The van der Waals surface area contributed by atoms with Crippen molar-refractivity contribution in [1.82, 2.24) is 0 Å². The summed E-state index contributed by atoms with van der Waals surface area (Å²) < 4.78 is 6.21. The zero-order chi connectivity index (χ0) is 14.4. The van der Waals surface area contributed by atoms with Crippen LogP contribution < -0.4 is 0 Å². The highest BCUT2D eigenvalue weighted by molar-refractivity contribution is 6.83. The lowest BCUT2D eigenvalue weighted by Crippen LogP contribution is -2.42. The molecule has 0 aliphatic carbocycles. The second kappa shape index (κ2) is 7.49. The van der Waals surface area contributed by atoms with Crippen LogP contribution in [-0.2, 0) is 4.43 Å². The fourth-order valence-corrected chi connectivity index (χ4v) is 5.37. The molecule has 0 amide bonds. The smallest absolute Gasteiger partial charge is 0.192 e. The maximum absolute atomic E-state index is 10.1. The summed E-state index contributed by atoms with van der Waals surface area (Å²) in [5, 5.41) is 10.1. The highest BCUT2D eigenvalue weighted by atomic mass is 28.4. The first-order valence-electron chi connectivity index (χ1n) is 7.08. The average Bonchev–Trinajstić information content (AvgIpc) is 2.32. The van der Waals surface area contributed by atoms with Gasteiger partial charge in [-0.3, -0.25) is 0 Å². The van der Waals surface area contributed by atoms with E-state index in [9.17, 15) is 5.11 Å². The third-order valence-electron chi connectivity index (χ3n) is 3.41. The van der Waals surface area contributed by atoms with Gasteiger partial charge < -0.3 is 9.53 Å². The standard InChI is InChI=1S/C14H30O2Si2/c1-8-18(9-2,10-3)16-13(4)14(15)11-12-17(5,6)7/h13-15H,8-10H2,1-7H3/t13-,14+/m0/s1. The van der Waals surface area contributed by atoms with Gasteiger partial charge in [-0.2, -0.15) is 0 Å². The highest BCUT2D eigenvalue weighted by Gasteiger charge is 2.32. The summed E-state index contributed by atoms with van der Waals surface area (Å²) in [6.07, 6.45) is -0.811. The van der Waals surface area contributed by atoms with Crippen molar-refractivity contribution in [3.05, 3.63) is 0 Å². The maximum atomic E-state index is 10.1. The molecule has 0 aromatic rings. The summed E-state index contributed by atoms with van der Waals surface area (Å²) in [4.78, 5) is 0. The van der Waals surface area contributed by atoms with Crippen molar-refractivity contribution in [2.45, 2.75) is 77.7 Å². The van der Waals surface area contributed by atoms with Crippen LogP contribution in [-0.4, -0.2) is 33.7 Å². The second-order valence-electron chi connectivity index (χ2n) is 6.03. The van der Waals surface area contributed by atoms with E-state index in [1.807, 2.05) is 6.92 Å². The van der Waals surface area contributed by atoms with E-state index in [0.717, 1.165) is 18.1 Å². The van der Waals surface area contributed by atoms with Gasteiger partial charge in [0.05, 0.1) is 6.10 Å². The minimum absolute atomic E-state index is 0.166. The van der Waals surface area contributed by atoms with E-state index in [1.165, 1.54) is 0 Å². The quantitative estimate of drug-likeness (QED) is 0.597. The molecule has 1 N–H and O–H groups in total. The van der Waals surface area contributed by atoms with Crippen molar-refractivity contribution in [3.8, 4) is 11.5 Å². The van der Waals surface area contributed by atoms with Crippen LogP contribution in [0, 0.1) is 11.5 Å². The molecule has 2 nitrogen and oxygen atoms in total. The van der Waals surface area contributed by atoms with Crippen molar-refractivity contribution >= 4 is 16.4 Å². The Bertz CT molecular complexity index is 287. The summed E-state index contributed by atoms with van der Waals surface area (Å²) in [6.45, 7) is 15.1. The van der Waals surface area contributed by atoms with Crippen molar-refractivity contribution in [1.29, 1.82) is 0 Å². The molecule has 4 heteroatoms. The first-order chi connectivity index (χ1) is 8.19. The largest absolute Gasteiger partial charge is 0.411 e. The molecule has 0 heterocycles. The molecule has 0 fully saturated rings. The maximum Gasteiger partial charge on any atom is 0.192 e. The predicted octanol–water partition coefficient (Wildman–Crippen LogP) is 3.64. The van der Waals surface area contributed by atoms with Gasteiger partial charge in [0.2, 0.25) is 0 Å². The van der Waals surface area contributed by atoms with Gasteiger partial charge in [-0.15, -0.1) is 5.54 Å². The Morgan fingerprint density at radius 3 is 1.83 bits per heavy atom. The Kier molecular flexibility index (Phi) is 7.45. The minimum atomic E-state index is -1.63. The van der Waals surface area contributed by atoms with E-state index in [-0.39, 0.29) is 6.10 Å². The molecule has 0 saturated carbocycles. The van der Waals surface area contributed by atoms with Crippen LogP contribution in [0.3, 0.4) is 0 Å². The summed E-state index contributed by atoms with van der Waals surface area (Å²) in [5.74, 6) is 2.98. The van der Waals surface area contributed by atoms with E-state index in [4.69, 9.17) is 4.43 Å². The summed E-state index contributed by atoms with van der Waals surface area (Å²) >= 11 is 0. The lowest BCUT2D eigenvalue weighted by molar-refractivity contribution is 0.0772. The Morgan fingerprint density at radius 1 is 1.06 bits per heavy atom. The zero-order valence-corrected chi connectivity index (χ0v) is 15.1. The highest BCUT2D eigenvalue weighted by Crippen LogP contribution is 2.24. The van der Waals surface area contributed by atoms with Crippen LogP contribution in [0.4, 0.5) is 0 Å². The van der Waals surface area contributed by atoms with Crippen LogP contribution in [0.5, 0.6) is 0 Å². The van der Waals surface area contributed by atoms with Gasteiger partial charge in [-0.05, 0) is 25.1 Å². The molecule has 0 spiro atoms. The third kappa shape index (κ3) is 6.19. The van der Waals surface area contributed by atoms with Crippen LogP contribution in [0.1, 0.15) is 27.7 Å². The van der Waals surface area contributed by atoms with Gasteiger partial charge in [0, 0.05) is 0 Å². The van der Waals surface area contributed by atoms with Crippen molar-refractivity contribution in [2.24, 2.45) is 0 Å². The first kappa shape index (κ1) is 17.9. The molecule has 18 heavy (non-hydrogen) atoms. The molecule has 0 radical (unpaired) electrons. The van der Waals surface area contributed by atoms with Crippen molar-refractivity contribution in [2.75, 3.05) is 0 Å². The van der Waals surface area contributed by atoms with Crippen molar-refractivity contribution in [3.63, 3.8) is 0 Å². The Morgan fingerprint density at radius 2 is 1.50 bits per heavy atom. The van der Waals surface area contributed by atoms with Crippen LogP contribution >= 0.6 is 0 Å². The molecule has 0 aromatic carbocycles. The fraction of sp³-hybridized carbons (Fsp3) is 0.857.